The van der Waals surface area contributed by atoms with Gasteiger partial charge in [0.15, 0.2) is 0 Å². The quantitative estimate of drug-likeness (QED) is 0.673. The maximum absolute atomic E-state index is 13.2. The van der Waals surface area contributed by atoms with Gasteiger partial charge in [-0.3, -0.25) is 9.59 Å². The average Bonchev–Trinajstić information content (AvgIpc) is 3.29. The molecule has 2 amide bonds. The van der Waals surface area contributed by atoms with Crippen LogP contribution < -0.4 is 10.6 Å². The molecule has 2 aromatic carbocycles. The molecule has 28 heavy (non-hydrogen) atoms. The number of hydrogen-bond donors (Lipinski definition) is 2. The van der Waals surface area contributed by atoms with Gasteiger partial charge in [0.1, 0.15) is 5.82 Å². The minimum atomic E-state index is -0.284. The van der Waals surface area contributed by atoms with Gasteiger partial charge in [-0.15, -0.1) is 11.3 Å². The summed E-state index contributed by atoms with van der Waals surface area (Å²) in [6, 6.07) is 15.7. The first-order chi connectivity index (χ1) is 13.5. The van der Waals surface area contributed by atoms with E-state index in [-0.39, 0.29) is 23.5 Å². The van der Waals surface area contributed by atoms with Crippen LogP contribution in [0.1, 0.15) is 32.5 Å². The van der Waals surface area contributed by atoms with Crippen LogP contribution in [-0.4, -0.2) is 18.4 Å². The molecule has 0 spiro atoms. The summed E-state index contributed by atoms with van der Waals surface area (Å²) in [4.78, 5) is 25.8. The van der Waals surface area contributed by atoms with Gasteiger partial charge in [-0.05, 0) is 53.9 Å². The second kappa shape index (κ2) is 7.56. The summed E-state index contributed by atoms with van der Waals surface area (Å²) in [7, 11) is 0. The van der Waals surface area contributed by atoms with E-state index in [1.165, 1.54) is 23.5 Å². The maximum Gasteiger partial charge on any atom is 0.265 e. The van der Waals surface area contributed by atoms with E-state index in [0.29, 0.717) is 23.5 Å². The number of carbonyl (C=O) groups excluding carboxylic acids is 2. The third kappa shape index (κ3) is 3.82. The summed E-state index contributed by atoms with van der Waals surface area (Å²) >= 11 is 1.41. The molecule has 0 aliphatic carbocycles. The second-order valence-electron chi connectivity index (χ2n) is 6.87. The number of nitrogens with one attached hydrogen (secondary N) is 2. The zero-order chi connectivity index (χ0) is 19.7. The molecule has 1 aliphatic heterocycles. The molecule has 2 heterocycles. The predicted molar refractivity (Wildman–Crippen MR) is 109 cm³/mol. The van der Waals surface area contributed by atoms with Crippen LogP contribution in [-0.2, 0) is 4.79 Å². The third-order valence-corrected chi connectivity index (χ3v) is 5.94. The van der Waals surface area contributed by atoms with Crippen LogP contribution in [0.3, 0.4) is 0 Å². The van der Waals surface area contributed by atoms with E-state index in [2.05, 4.69) is 10.6 Å². The Labute approximate surface area is 166 Å². The average molecular weight is 394 g/mol. The standard InChI is InChI=1S/C22H19FN2O2S/c1-13-19(14-5-7-17(23)8-6-14)11-20(28-13)22(27)25-18-4-2-3-15(9-18)16-10-21(26)24-12-16/h2-9,11,16H,10,12H2,1H3,(H,24,26)(H,25,27)/t16-/m0/s1. The number of benzene rings is 2. The molecule has 0 radical (unpaired) electrons. The van der Waals surface area contributed by atoms with Gasteiger partial charge in [0.2, 0.25) is 5.91 Å². The first kappa shape index (κ1) is 18.4. The van der Waals surface area contributed by atoms with Crippen LogP contribution in [0.15, 0.2) is 54.6 Å². The minimum absolute atomic E-state index is 0.0572. The predicted octanol–water partition coefficient (Wildman–Crippen LogP) is 4.72. The molecule has 4 nitrogen and oxygen atoms in total. The third-order valence-electron chi connectivity index (χ3n) is 4.89. The summed E-state index contributed by atoms with van der Waals surface area (Å²) in [5.41, 5.74) is 3.55. The fourth-order valence-corrected chi connectivity index (χ4v) is 4.35. The van der Waals surface area contributed by atoms with Crippen LogP contribution in [0.4, 0.5) is 10.1 Å². The first-order valence-corrected chi connectivity index (χ1v) is 9.85. The van der Waals surface area contributed by atoms with Gasteiger partial charge in [0.05, 0.1) is 4.88 Å². The van der Waals surface area contributed by atoms with E-state index in [0.717, 1.165) is 21.6 Å². The van der Waals surface area contributed by atoms with Gasteiger partial charge < -0.3 is 10.6 Å². The van der Waals surface area contributed by atoms with Crippen LogP contribution in [0, 0.1) is 12.7 Å². The number of aryl methyl sites for hydroxylation is 1. The smallest absolute Gasteiger partial charge is 0.265 e. The van der Waals surface area contributed by atoms with Crippen molar-refractivity contribution in [2.45, 2.75) is 19.3 Å². The number of thiophene rings is 1. The van der Waals surface area contributed by atoms with Gasteiger partial charge in [-0.25, -0.2) is 4.39 Å². The van der Waals surface area contributed by atoms with E-state index >= 15 is 0 Å². The lowest BCUT2D eigenvalue weighted by Gasteiger charge is -2.10. The van der Waals surface area contributed by atoms with Crippen molar-refractivity contribution in [2.24, 2.45) is 0 Å². The number of rotatable bonds is 4. The second-order valence-corrected chi connectivity index (χ2v) is 8.13. The summed E-state index contributed by atoms with van der Waals surface area (Å²) < 4.78 is 13.2. The summed E-state index contributed by atoms with van der Waals surface area (Å²) in [5, 5.41) is 5.77. The van der Waals surface area contributed by atoms with Gasteiger partial charge in [-0.2, -0.15) is 0 Å². The zero-order valence-corrected chi connectivity index (χ0v) is 16.1. The van der Waals surface area contributed by atoms with Crippen molar-refractivity contribution in [2.75, 3.05) is 11.9 Å². The highest BCUT2D eigenvalue weighted by atomic mass is 32.1. The summed E-state index contributed by atoms with van der Waals surface area (Å²) in [6.45, 7) is 2.58. The van der Waals surface area contributed by atoms with E-state index in [1.807, 2.05) is 37.3 Å². The van der Waals surface area contributed by atoms with E-state index in [1.54, 1.807) is 12.1 Å². The molecule has 3 aromatic rings. The monoisotopic (exact) mass is 394 g/mol. The SMILES string of the molecule is Cc1sc(C(=O)Nc2cccc([C@@H]3CNC(=O)C3)c2)cc1-c1ccc(F)cc1. The lowest BCUT2D eigenvalue weighted by molar-refractivity contribution is -0.119. The van der Waals surface area contributed by atoms with E-state index < -0.39 is 0 Å². The molecule has 1 aromatic heterocycles. The number of hydrogen-bond acceptors (Lipinski definition) is 3. The van der Waals surface area contributed by atoms with Crippen LogP contribution >= 0.6 is 11.3 Å². The molecule has 142 valence electrons. The molecule has 1 fully saturated rings. The molecular formula is C22H19FN2O2S. The van der Waals surface area contributed by atoms with Crippen molar-refractivity contribution in [3.8, 4) is 11.1 Å². The number of amides is 2. The van der Waals surface area contributed by atoms with Gasteiger partial charge in [0, 0.05) is 29.4 Å². The van der Waals surface area contributed by atoms with Crippen molar-refractivity contribution < 1.29 is 14.0 Å². The minimum Gasteiger partial charge on any atom is -0.355 e. The first-order valence-electron chi connectivity index (χ1n) is 9.04. The molecule has 0 unspecified atom stereocenters. The van der Waals surface area contributed by atoms with Gasteiger partial charge in [-0.1, -0.05) is 24.3 Å². The highest BCUT2D eigenvalue weighted by Crippen LogP contribution is 2.32. The fourth-order valence-electron chi connectivity index (χ4n) is 3.41. The van der Waals surface area contributed by atoms with Crippen LogP contribution in [0.2, 0.25) is 0 Å². The Kier molecular flexibility index (Phi) is 4.96. The molecule has 4 rings (SSSR count). The Bertz CT molecular complexity index is 1040. The lowest BCUT2D eigenvalue weighted by atomic mass is 9.98. The molecule has 6 heteroatoms. The molecule has 0 bridgehead atoms. The number of anilines is 1. The fraction of sp³-hybridized carbons (Fsp3) is 0.182. The van der Waals surface area contributed by atoms with Gasteiger partial charge in [0.25, 0.3) is 5.91 Å². The lowest BCUT2D eigenvalue weighted by Crippen LogP contribution is -2.13. The Balaban J connectivity index is 1.52. The molecule has 1 aliphatic rings. The Morgan fingerprint density at radius 3 is 2.68 bits per heavy atom. The van der Waals surface area contributed by atoms with Gasteiger partial charge >= 0.3 is 0 Å². The van der Waals surface area contributed by atoms with E-state index in [4.69, 9.17) is 0 Å². The van der Waals surface area contributed by atoms with Crippen molar-refractivity contribution in [3.63, 3.8) is 0 Å². The van der Waals surface area contributed by atoms with E-state index in [9.17, 15) is 14.0 Å². The number of halogens is 1. The largest absolute Gasteiger partial charge is 0.355 e. The van der Waals surface area contributed by atoms with Crippen LogP contribution in [0.5, 0.6) is 0 Å². The highest BCUT2D eigenvalue weighted by molar-refractivity contribution is 7.14. The molecule has 1 saturated heterocycles. The normalized spacial score (nSPS) is 16.1. The maximum atomic E-state index is 13.2. The van der Waals surface area contributed by atoms with Crippen molar-refractivity contribution in [1.82, 2.24) is 5.32 Å². The topological polar surface area (TPSA) is 58.2 Å². The zero-order valence-electron chi connectivity index (χ0n) is 15.3. The Morgan fingerprint density at radius 1 is 1.18 bits per heavy atom. The Morgan fingerprint density at radius 2 is 1.96 bits per heavy atom. The molecule has 2 N–H and O–H groups in total. The molecule has 0 saturated carbocycles. The Hall–Kier alpha value is -2.99. The molecular weight excluding hydrogens is 375 g/mol. The molecule has 1 atom stereocenters. The number of carbonyl (C=O) groups is 2. The summed E-state index contributed by atoms with van der Waals surface area (Å²) in [6.07, 6.45) is 0.475. The van der Waals surface area contributed by atoms with Crippen LogP contribution in [0.25, 0.3) is 11.1 Å². The van der Waals surface area contributed by atoms with Crippen molar-refractivity contribution in [3.05, 3.63) is 75.7 Å². The summed E-state index contributed by atoms with van der Waals surface area (Å²) in [5.74, 6) is -0.270. The van der Waals surface area contributed by atoms with Crippen molar-refractivity contribution >= 4 is 28.8 Å². The highest BCUT2D eigenvalue weighted by Gasteiger charge is 2.23. The van der Waals surface area contributed by atoms with Crippen molar-refractivity contribution in [1.29, 1.82) is 0 Å².